The van der Waals surface area contributed by atoms with Gasteiger partial charge in [0.2, 0.25) is 0 Å². The Hall–Kier alpha value is -1.42. The number of hydrogen-bond donors (Lipinski definition) is 3. The highest BCUT2D eigenvalue weighted by molar-refractivity contribution is 5.68. The molecule has 11 atom stereocenters. The van der Waals surface area contributed by atoms with Gasteiger partial charge in [-0.3, -0.25) is 4.79 Å². The summed E-state index contributed by atoms with van der Waals surface area (Å²) in [5, 5.41) is 26.8. The van der Waals surface area contributed by atoms with E-state index in [0.717, 1.165) is 71.0 Å². The van der Waals surface area contributed by atoms with Crippen LogP contribution in [0.25, 0.3) is 0 Å². The SMILES string of the molecule is CC(=O)O[C@@H]([C]1C[C@@H](C)[C@H]2[C](O1)[C@H](O)[C@@]1(C)[C]3CC[C@H]4C(C)(C)C(OC(=O)NC5CN6CCC5CC6)CC[C@@]45C[C@@]35CC[C@]21C)C(C)(C)O. The molecular formula is C40H61N2O7. The van der Waals surface area contributed by atoms with Gasteiger partial charge in [0.05, 0.1) is 11.7 Å². The molecule has 9 fully saturated rings. The van der Waals surface area contributed by atoms with Crippen molar-refractivity contribution >= 4 is 12.1 Å². The van der Waals surface area contributed by atoms with E-state index in [9.17, 15) is 19.8 Å². The van der Waals surface area contributed by atoms with Crippen molar-refractivity contribution in [2.45, 2.75) is 150 Å². The van der Waals surface area contributed by atoms with Crippen molar-refractivity contribution in [2.24, 2.45) is 50.7 Å². The van der Waals surface area contributed by atoms with Crippen LogP contribution in [0.15, 0.2) is 0 Å². The number of amides is 1. The van der Waals surface area contributed by atoms with Crippen LogP contribution in [-0.2, 0) is 19.0 Å². The van der Waals surface area contributed by atoms with Gasteiger partial charge in [-0.1, -0.05) is 34.6 Å². The molecule has 3 N–H and O–H groups in total. The molecule has 5 aliphatic carbocycles. The van der Waals surface area contributed by atoms with Crippen LogP contribution in [0, 0.1) is 68.9 Å². The second-order valence-corrected chi connectivity index (χ2v) is 19.4. The van der Waals surface area contributed by atoms with Gasteiger partial charge in [-0.05, 0) is 131 Å². The van der Waals surface area contributed by atoms with Crippen LogP contribution in [0.2, 0.25) is 0 Å². The number of rotatable bonds is 5. The second kappa shape index (κ2) is 11.1. The van der Waals surface area contributed by atoms with Crippen LogP contribution in [0.3, 0.4) is 0 Å². The summed E-state index contributed by atoms with van der Waals surface area (Å²) >= 11 is 0. The van der Waals surface area contributed by atoms with Crippen molar-refractivity contribution in [2.75, 3.05) is 19.6 Å². The van der Waals surface area contributed by atoms with E-state index in [1.165, 1.54) is 13.3 Å². The van der Waals surface area contributed by atoms with Crippen LogP contribution >= 0.6 is 0 Å². The fraction of sp³-hybridized carbons (Fsp3) is 0.875. The van der Waals surface area contributed by atoms with Crippen molar-refractivity contribution in [3.63, 3.8) is 0 Å². The maximum atomic E-state index is 13.3. The molecule has 4 heterocycles. The Bertz CT molecular complexity index is 1360. The molecule has 49 heavy (non-hydrogen) atoms. The third-order valence-corrected chi connectivity index (χ3v) is 16.4. The summed E-state index contributed by atoms with van der Waals surface area (Å²) in [6.07, 6.45) is 9.41. The van der Waals surface area contributed by atoms with Gasteiger partial charge in [-0.25, -0.2) is 4.79 Å². The molecule has 9 nitrogen and oxygen atoms in total. The molecule has 3 radical (unpaired) electrons. The van der Waals surface area contributed by atoms with Crippen molar-refractivity contribution in [3.05, 3.63) is 18.1 Å². The van der Waals surface area contributed by atoms with Crippen LogP contribution in [0.1, 0.15) is 120 Å². The topological polar surface area (TPSA) is 118 Å². The van der Waals surface area contributed by atoms with Gasteiger partial charge in [0.15, 0.2) is 6.10 Å². The van der Waals surface area contributed by atoms with Gasteiger partial charge in [0.1, 0.15) is 18.3 Å². The van der Waals surface area contributed by atoms with Crippen LogP contribution in [0.5, 0.6) is 0 Å². The molecule has 0 aromatic heterocycles. The minimum Gasteiger partial charge on any atom is -0.456 e. The largest absolute Gasteiger partial charge is 0.456 e. The zero-order valence-corrected chi connectivity index (χ0v) is 31.2. The first kappa shape index (κ1) is 34.7. The van der Waals surface area contributed by atoms with E-state index < -0.39 is 29.2 Å². The summed E-state index contributed by atoms with van der Waals surface area (Å²) in [6.45, 7) is 19.5. The Morgan fingerprint density at radius 2 is 1.78 bits per heavy atom. The summed E-state index contributed by atoms with van der Waals surface area (Å²) < 4.78 is 18.7. The number of carbonyl (C=O) groups is 2. The Labute approximate surface area is 293 Å². The van der Waals surface area contributed by atoms with Gasteiger partial charge >= 0.3 is 12.1 Å². The molecule has 2 unspecified atom stereocenters. The van der Waals surface area contributed by atoms with E-state index in [1.54, 1.807) is 19.8 Å². The standard InChI is InChI=1S/C40H61N2O7/c1-22-19-26(33(36(5,6)46)47-23(2)43)48-31-30(22)37(7)15-16-40-21-39(40)14-11-29(49-34(45)41-25-20-42-17-12-24(25)13-18-42)35(3,4)27(39)9-10-28(40)38(37,8)32(31)44/h22,24-25,27,29-30,32-33,44,46H,9-21H2,1-8H3,(H,41,45)/t22-,25?,27+,29?,30+,32+,33+,37-,38-,39-,40+/m1/s1. The van der Waals surface area contributed by atoms with E-state index in [0.29, 0.717) is 30.5 Å². The van der Waals surface area contributed by atoms with E-state index in [2.05, 4.69) is 44.8 Å². The second-order valence-electron chi connectivity index (χ2n) is 19.4. The minimum atomic E-state index is -1.32. The number of esters is 1. The van der Waals surface area contributed by atoms with Gasteiger partial charge in [0, 0.05) is 36.3 Å². The normalized spacial score (nSPS) is 49.4. The van der Waals surface area contributed by atoms with E-state index in [1.807, 2.05) is 0 Å². The predicted molar refractivity (Wildman–Crippen MR) is 183 cm³/mol. The molecule has 0 aromatic carbocycles. The molecule has 1 amide bonds. The third kappa shape index (κ3) is 4.68. The average molecular weight is 682 g/mol. The quantitative estimate of drug-likeness (QED) is 0.304. The zero-order chi connectivity index (χ0) is 35.1. The Morgan fingerprint density at radius 3 is 2.41 bits per heavy atom. The molecule has 4 saturated heterocycles. The number of nitrogens with zero attached hydrogens (tertiary/aromatic N) is 1. The molecule has 0 aromatic rings. The first-order chi connectivity index (χ1) is 22.9. The number of fused-ring (bicyclic) bond motifs is 7. The predicted octanol–water partition coefficient (Wildman–Crippen LogP) is 5.98. The van der Waals surface area contributed by atoms with Gasteiger partial charge < -0.3 is 34.6 Å². The number of alkyl carbamates (subject to hydrolysis) is 1. The Kier molecular flexibility index (Phi) is 7.82. The molecule has 9 rings (SSSR count). The lowest BCUT2D eigenvalue weighted by molar-refractivity contribution is -0.171. The molecule has 5 saturated carbocycles. The van der Waals surface area contributed by atoms with Gasteiger partial charge in [-0.15, -0.1) is 0 Å². The maximum Gasteiger partial charge on any atom is 0.407 e. The van der Waals surface area contributed by atoms with Crippen LogP contribution in [-0.4, -0.2) is 76.8 Å². The first-order valence-electron chi connectivity index (χ1n) is 19.4. The van der Waals surface area contributed by atoms with Crippen molar-refractivity contribution in [1.29, 1.82) is 0 Å². The van der Waals surface area contributed by atoms with Crippen molar-refractivity contribution < 1.29 is 34.0 Å². The highest BCUT2D eigenvalue weighted by atomic mass is 16.6. The number of aliphatic hydroxyl groups excluding tert-OH is 1. The number of piperidine rings is 3. The number of nitrogens with one attached hydrogen (secondary N) is 1. The molecule has 9 aliphatic rings. The van der Waals surface area contributed by atoms with E-state index in [4.69, 9.17) is 14.2 Å². The fourth-order valence-electron chi connectivity index (χ4n) is 14.0. The maximum absolute atomic E-state index is 13.3. The monoisotopic (exact) mass is 681 g/mol. The summed E-state index contributed by atoms with van der Waals surface area (Å²) in [5.41, 5.74) is -1.78. The molecule has 9 heteroatoms. The zero-order valence-electron chi connectivity index (χ0n) is 31.2. The number of ether oxygens (including phenoxy) is 3. The average Bonchev–Trinajstić information content (AvgIpc) is 3.66. The van der Waals surface area contributed by atoms with Crippen molar-refractivity contribution in [1.82, 2.24) is 10.2 Å². The molecule has 2 spiro atoms. The van der Waals surface area contributed by atoms with Gasteiger partial charge in [0.25, 0.3) is 0 Å². The van der Waals surface area contributed by atoms with Crippen LogP contribution < -0.4 is 5.32 Å². The van der Waals surface area contributed by atoms with E-state index >= 15 is 0 Å². The first-order valence-corrected chi connectivity index (χ1v) is 19.4. The molecule has 2 bridgehead atoms. The summed E-state index contributed by atoms with van der Waals surface area (Å²) in [7, 11) is 0. The van der Waals surface area contributed by atoms with Crippen molar-refractivity contribution in [3.8, 4) is 0 Å². The molecular weight excluding hydrogens is 620 g/mol. The minimum absolute atomic E-state index is 0.0728. The lowest BCUT2D eigenvalue weighted by atomic mass is 9.41. The van der Waals surface area contributed by atoms with Gasteiger partial charge in [-0.2, -0.15) is 0 Å². The highest BCUT2D eigenvalue weighted by Gasteiger charge is 2.85. The third-order valence-electron chi connectivity index (χ3n) is 16.4. The lowest BCUT2D eigenvalue weighted by Gasteiger charge is -2.63. The number of aliphatic hydroxyl groups is 2. The number of hydrogen-bond acceptors (Lipinski definition) is 8. The Balaban J connectivity index is 1.01. The van der Waals surface area contributed by atoms with E-state index in [-0.39, 0.29) is 51.7 Å². The smallest absolute Gasteiger partial charge is 0.407 e. The lowest BCUT2D eigenvalue weighted by Crippen LogP contribution is -2.60. The summed E-state index contributed by atoms with van der Waals surface area (Å²) in [4.78, 5) is 27.9. The summed E-state index contributed by atoms with van der Waals surface area (Å²) in [5.74, 6) is 2.35. The molecule has 4 aliphatic heterocycles. The molecule has 273 valence electrons. The van der Waals surface area contributed by atoms with Crippen LogP contribution in [0.4, 0.5) is 4.79 Å². The fourth-order valence-corrected chi connectivity index (χ4v) is 14.0. The summed E-state index contributed by atoms with van der Waals surface area (Å²) in [6, 6.07) is 0.200. The Morgan fingerprint density at radius 1 is 1.06 bits per heavy atom. The number of carbonyl (C=O) groups excluding carboxylic acids is 2. The highest BCUT2D eigenvalue weighted by Crippen LogP contribution is 2.90.